The van der Waals surface area contributed by atoms with Crippen molar-refractivity contribution >= 4 is 23.5 Å². The van der Waals surface area contributed by atoms with Gasteiger partial charge in [-0.15, -0.1) is 22.8 Å². The van der Waals surface area contributed by atoms with Gasteiger partial charge < -0.3 is 19.5 Å². The number of aryl methyl sites for hydroxylation is 1. The molecule has 0 aliphatic rings. The molecule has 0 bridgehead atoms. The third-order valence-electron chi connectivity index (χ3n) is 5.81. The molecule has 0 fully saturated rings. The number of benzene rings is 2. The van der Waals surface area contributed by atoms with Crippen LogP contribution in [0.5, 0.6) is 17.2 Å². The van der Waals surface area contributed by atoms with Crippen molar-refractivity contribution in [2.45, 2.75) is 44.8 Å². The van der Waals surface area contributed by atoms with Crippen molar-refractivity contribution in [2.24, 2.45) is 0 Å². The minimum absolute atomic E-state index is 0.0541. The van der Waals surface area contributed by atoms with Gasteiger partial charge in [0.25, 0.3) is 0 Å². The van der Waals surface area contributed by atoms with Gasteiger partial charge in [0, 0.05) is 23.7 Å². The number of phenolic OH excluding ortho intramolecular Hbond substituents is 2. The van der Waals surface area contributed by atoms with Gasteiger partial charge in [-0.3, -0.25) is 4.57 Å². The molecule has 2 N–H and O–H groups in total. The standard InChI is InChI=1S/C23H26N4O3S/c1-5-13(3)26-10-9-15-17(7-8-20(30-4)21(15)26)27-22(24-25-23(27)31)16-11-14(6-2)18(28)12-19(16)29/h7-13,28-29H,5-6H2,1-4H3,(H,25,31). The number of hydrogen-bond donors (Lipinski definition) is 3. The molecule has 0 saturated heterocycles. The molecule has 162 valence electrons. The maximum Gasteiger partial charge on any atom is 0.193 e. The van der Waals surface area contributed by atoms with Crippen molar-refractivity contribution < 1.29 is 14.9 Å². The molecule has 0 radical (unpaired) electrons. The lowest BCUT2D eigenvalue weighted by molar-refractivity contribution is 0.415. The highest BCUT2D eigenvalue weighted by Gasteiger charge is 2.22. The molecule has 31 heavy (non-hydrogen) atoms. The minimum Gasteiger partial charge on any atom is -0.508 e. The summed E-state index contributed by atoms with van der Waals surface area (Å²) in [4.78, 5) is 0. The number of ether oxygens (including phenoxy) is 1. The van der Waals surface area contributed by atoms with Gasteiger partial charge in [-0.25, -0.2) is 0 Å². The highest BCUT2D eigenvalue weighted by Crippen LogP contribution is 2.39. The molecular formula is C23H26N4O3S. The van der Waals surface area contributed by atoms with Crippen LogP contribution in [-0.2, 0) is 6.42 Å². The van der Waals surface area contributed by atoms with Crippen LogP contribution in [0, 0.1) is 0 Å². The Morgan fingerprint density at radius 2 is 1.87 bits per heavy atom. The molecule has 0 aliphatic carbocycles. The van der Waals surface area contributed by atoms with E-state index in [4.69, 9.17) is 4.74 Å². The van der Waals surface area contributed by atoms with E-state index in [-0.39, 0.29) is 11.5 Å². The number of fused-ring (bicyclic) bond motifs is 1. The van der Waals surface area contributed by atoms with Crippen LogP contribution >= 0.6 is 12.6 Å². The molecule has 0 amide bonds. The second-order valence-corrected chi connectivity index (χ2v) is 7.94. The van der Waals surface area contributed by atoms with Crippen LogP contribution < -0.4 is 4.74 Å². The van der Waals surface area contributed by atoms with E-state index in [0.29, 0.717) is 34.6 Å². The highest BCUT2D eigenvalue weighted by atomic mass is 32.1. The molecule has 0 spiro atoms. The number of methoxy groups -OCH3 is 1. The summed E-state index contributed by atoms with van der Waals surface area (Å²) in [5.41, 5.74) is 3.00. The van der Waals surface area contributed by atoms with Crippen molar-refractivity contribution in [1.29, 1.82) is 0 Å². The van der Waals surface area contributed by atoms with Gasteiger partial charge in [-0.1, -0.05) is 13.8 Å². The third kappa shape index (κ3) is 3.40. The Hall–Kier alpha value is -3.13. The lowest BCUT2D eigenvalue weighted by Crippen LogP contribution is -2.04. The van der Waals surface area contributed by atoms with Gasteiger partial charge >= 0.3 is 0 Å². The number of hydrogen-bond acceptors (Lipinski definition) is 6. The van der Waals surface area contributed by atoms with Gasteiger partial charge in [0.1, 0.15) is 17.2 Å². The zero-order chi connectivity index (χ0) is 22.3. The molecule has 4 aromatic rings. The van der Waals surface area contributed by atoms with Crippen LogP contribution in [0.1, 0.15) is 38.8 Å². The number of nitrogens with zero attached hydrogens (tertiary/aromatic N) is 4. The number of aromatic nitrogens is 4. The molecule has 8 heteroatoms. The molecule has 1 unspecified atom stereocenters. The number of rotatable bonds is 6. The molecule has 7 nitrogen and oxygen atoms in total. The highest BCUT2D eigenvalue weighted by molar-refractivity contribution is 7.80. The Kier molecular flexibility index (Phi) is 5.58. The van der Waals surface area contributed by atoms with E-state index in [1.807, 2.05) is 25.1 Å². The fourth-order valence-corrected chi connectivity index (χ4v) is 4.17. The second-order valence-electron chi connectivity index (χ2n) is 7.54. The normalized spacial score (nSPS) is 12.4. The van der Waals surface area contributed by atoms with E-state index in [1.165, 1.54) is 6.07 Å². The minimum atomic E-state index is -0.0707. The summed E-state index contributed by atoms with van der Waals surface area (Å²) in [6.45, 7) is 6.26. The van der Waals surface area contributed by atoms with E-state index in [2.05, 4.69) is 47.4 Å². The molecule has 1 atom stereocenters. The van der Waals surface area contributed by atoms with E-state index in [0.717, 1.165) is 28.8 Å². The van der Waals surface area contributed by atoms with E-state index < -0.39 is 0 Å². The lowest BCUT2D eigenvalue weighted by atomic mass is 10.1. The van der Waals surface area contributed by atoms with Crippen LogP contribution in [0.2, 0.25) is 0 Å². The molecule has 2 aromatic carbocycles. The van der Waals surface area contributed by atoms with E-state index in [9.17, 15) is 10.2 Å². The Balaban J connectivity index is 2.00. The summed E-state index contributed by atoms with van der Waals surface area (Å²) in [6, 6.07) is 9.28. The molecule has 2 heterocycles. The van der Waals surface area contributed by atoms with Crippen molar-refractivity contribution in [3.05, 3.63) is 42.1 Å². The van der Waals surface area contributed by atoms with Crippen LogP contribution in [-0.4, -0.2) is 36.7 Å². The summed E-state index contributed by atoms with van der Waals surface area (Å²) < 4.78 is 9.66. The zero-order valence-electron chi connectivity index (χ0n) is 18.0. The van der Waals surface area contributed by atoms with Gasteiger partial charge in [-0.2, -0.15) is 0 Å². The smallest absolute Gasteiger partial charge is 0.193 e. The maximum atomic E-state index is 10.6. The first-order valence-electron chi connectivity index (χ1n) is 10.3. The Labute approximate surface area is 186 Å². The number of thiol groups is 1. The second kappa shape index (κ2) is 8.19. The summed E-state index contributed by atoms with van der Waals surface area (Å²) in [5.74, 6) is 1.21. The number of phenols is 2. The van der Waals surface area contributed by atoms with Crippen molar-refractivity contribution in [3.63, 3.8) is 0 Å². The Bertz CT molecular complexity index is 1260. The maximum absolute atomic E-state index is 10.6. The monoisotopic (exact) mass is 438 g/mol. The van der Waals surface area contributed by atoms with Crippen LogP contribution in [0.25, 0.3) is 28.0 Å². The first kappa shape index (κ1) is 21.1. The summed E-state index contributed by atoms with van der Waals surface area (Å²) in [5, 5.41) is 30.5. The van der Waals surface area contributed by atoms with Crippen LogP contribution in [0.4, 0.5) is 0 Å². The first-order chi connectivity index (χ1) is 14.9. The average molecular weight is 439 g/mol. The average Bonchev–Trinajstić information content (AvgIpc) is 3.37. The van der Waals surface area contributed by atoms with Crippen molar-refractivity contribution in [2.75, 3.05) is 7.11 Å². The van der Waals surface area contributed by atoms with Gasteiger partial charge in [0.15, 0.2) is 11.0 Å². The number of aromatic hydroxyl groups is 2. The predicted octanol–water partition coefficient (Wildman–Crippen LogP) is 5.13. The third-order valence-corrected chi connectivity index (χ3v) is 6.10. The van der Waals surface area contributed by atoms with Crippen LogP contribution in [0.15, 0.2) is 41.7 Å². The topological polar surface area (TPSA) is 85.3 Å². The Morgan fingerprint density at radius 3 is 2.55 bits per heavy atom. The summed E-state index contributed by atoms with van der Waals surface area (Å²) in [7, 11) is 1.66. The van der Waals surface area contributed by atoms with Crippen molar-refractivity contribution in [1.82, 2.24) is 19.3 Å². The fourth-order valence-electron chi connectivity index (χ4n) is 3.92. The van der Waals surface area contributed by atoms with Gasteiger partial charge in [0.05, 0.1) is 23.9 Å². The Morgan fingerprint density at radius 1 is 1.10 bits per heavy atom. The zero-order valence-corrected chi connectivity index (χ0v) is 18.9. The quantitative estimate of drug-likeness (QED) is 0.363. The van der Waals surface area contributed by atoms with E-state index in [1.54, 1.807) is 17.7 Å². The molecule has 2 aromatic heterocycles. The van der Waals surface area contributed by atoms with Gasteiger partial charge in [0.2, 0.25) is 0 Å². The van der Waals surface area contributed by atoms with Crippen LogP contribution in [0.3, 0.4) is 0 Å². The molecule has 4 rings (SSSR count). The molecular weight excluding hydrogens is 412 g/mol. The molecule has 0 saturated carbocycles. The SMILES string of the molecule is CCc1cc(-c2nnc(S)n2-c2ccc(OC)c3c2ccn3C(C)CC)c(O)cc1O. The lowest BCUT2D eigenvalue weighted by Gasteiger charge is -2.17. The van der Waals surface area contributed by atoms with Crippen molar-refractivity contribution in [3.8, 4) is 34.3 Å². The first-order valence-corrected chi connectivity index (χ1v) is 10.7. The summed E-state index contributed by atoms with van der Waals surface area (Å²) in [6.07, 6.45) is 3.65. The van der Waals surface area contributed by atoms with Gasteiger partial charge in [-0.05, 0) is 49.6 Å². The van der Waals surface area contributed by atoms with E-state index >= 15 is 0 Å². The molecule has 0 aliphatic heterocycles. The predicted molar refractivity (Wildman–Crippen MR) is 124 cm³/mol. The largest absolute Gasteiger partial charge is 0.508 e. The summed E-state index contributed by atoms with van der Waals surface area (Å²) >= 11 is 4.54. The fraction of sp³-hybridized carbons (Fsp3) is 0.304.